The van der Waals surface area contributed by atoms with Crippen molar-refractivity contribution >= 4 is 40.9 Å². The molecule has 4 nitrogen and oxygen atoms in total. The number of furan rings is 1. The summed E-state index contributed by atoms with van der Waals surface area (Å²) >= 11 is 5.96. The van der Waals surface area contributed by atoms with Crippen LogP contribution in [0.15, 0.2) is 28.7 Å². The zero-order chi connectivity index (χ0) is 13.7. The van der Waals surface area contributed by atoms with Crippen LogP contribution in [0.4, 0.5) is 0 Å². The topological polar surface area (TPSA) is 45.5 Å². The number of nitrogens with one attached hydrogen (secondary N) is 1. The summed E-state index contributed by atoms with van der Waals surface area (Å²) in [4.78, 5) is 14.4. The number of nitrogens with zero attached hydrogens (tertiary/aromatic N) is 1. The molecule has 2 fully saturated rings. The van der Waals surface area contributed by atoms with Crippen molar-refractivity contribution in [1.29, 1.82) is 0 Å². The van der Waals surface area contributed by atoms with Crippen LogP contribution < -0.4 is 5.32 Å². The van der Waals surface area contributed by atoms with Crippen molar-refractivity contribution in [3.8, 4) is 0 Å². The standard InChI is InChI=1S/C15H15ClN2O2.ClH/c16-12-1-2-13-9(3-12)4-14(20-13)15(19)18-7-10-5-17-6-11(10)8-18;/h1-4,10-11,17H,5-8H2;1H/t10-,11+;. The van der Waals surface area contributed by atoms with Crippen molar-refractivity contribution in [3.05, 3.63) is 35.0 Å². The summed E-state index contributed by atoms with van der Waals surface area (Å²) in [5.41, 5.74) is 0.707. The Morgan fingerprint density at radius 1 is 1.24 bits per heavy atom. The molecule has 6 heteroatoms. The summed E-state index contributed by atoms with van der Waals surface area (Å²) < 4.78 is 5.65. The van der Waals surface area contributed by atoms with E-state index in [1.807, 2.05) is 11.0 Å². The molecule has 1 aromatic carbocycles. The molecule has 0 saturated carbocycles. The second-order valence-corrected chi connectivity index (χ2v) is 6.12. The smallest absolute Gasteiger partial charge is 0.289 e. The maximum atomic E-state index is 12.5. The van der Waals surface area contributed by atoms with Gasteiger partial charge in [0.2, 0.25) is 0 Å². The van der Waals surface area contributed by atoms with E-state index >= 15 is 0 Å². The highest BCUT2D eigenvalue weighted by Crippen LogP contribution is 2.29. The van der Waals surface area contributed by atoms with Gasteiger partial charge in [0, 0.05) is 36.6 Å². The Morgan fingerprint density at radius 2 is 1.95 bits per heavy atom. The average molecular weight is 327 g/mol. The lowest BCUT2D eigenvalue weighted by Crippen LogP contribution is -2.31. The first-order valence-electron chi connectivity index (χ1n) is 6.90. The fraction of sp³-hybridized carbons (Fsp3) is 0.400. The lowest BCUT2D eigenvalue weighted by molar-refractivity contribution is 0.0752. The van der Waals surface area contributed by atoms with E-state index in [0.29, 0.717) is 28.2 Å². The number of carbonyl (C=O) groups excluding carboxylic acids is 1. The molecule has 21 heavy (non-hydrogen) atoms. The third-order valence-corrected chi connectivity index (χ3v) is 4.60. The van der Waals surface area contributed by atoms with Gasteiger partial charge in [0.25, 0.3) is 5.91 Å². The summed E-state index contributed by atoms with van der Waals surface area (Å²) in [7, 11) is 0. The number of halogens is 2. The van der Waals surface area contributed by atoms with E-state index in [1.165, 1.54) is 0 Å². The maximum Gasteiger partial charge on any atom is 0.289 e. The third-order valence-electron chi connectivity index (χ3n) is 4.37. The summed E-state index contributed by atoms with van der Waals surface area (Å²) in [6.45, 7) is 3.69. The molecule has 0 radical (unpaired) electrons. The van der Waals surface area contributed by atoms with E-state index in [1.54, 1.807) is 18.2 Å². The Labute approximate surface area is 133 Å². The Morgan fingerprint density at radius 3 is 2.67 bits per heavy atom. The molecule has 112 valence electrons. The normalized spacial score (nSPS) is 24.1. The second kappa shape index (κ2) is 5.52. The number of rotatable bonds is 1. The first-order valence-corrected chi connectivity index (χ1v) is 7.27. The summed E-state index contributed by atoms with van der Waals surface area (Å²) in [6, 6.07) is 7.18. The van der Waals surface area contributed by atoms with Crippen LogP contribution in [0.3, 0.4) is 0 Å². The van der Waals surface area contributed by atoms with Crippen LogP contribution in [-0.2, 0) is 0 Å². The van der Waals surface area contributed by atoms with Crippen molar-refractivity contribution in [2.75, 3.05) is 26.2 Å². The van der Waals surface area contributed by atoms with Gasteiger partial charge in [-0.1, -0.05) is 11.6 Å². The number of benzene rings is 1. The molecule has 1 amide bonds. The number of carbonyl (C=O) groups is 1. The van der Waals surface area contributed by atoms with Crippen LogP contribution in [0, 0.1) is 11.8 Å². The van der Waals surface area contributed by atoms with Crippen molar-refractivity contribution in [3.63, 3.8) is 0 Å². The molecular weight excluding hydrogens is 311 g/mol. The van der Waals surface area contributed by atoms with Gasteiger partial charge in [0.1, 0.15) is 5.58 Å². The number of hydrogen-bond donors (Lipinski definition) is 1. The molecule has 0 aliphatic carbocycles. The minimum Gasteiger partial charge on any atom is -0.451 e. The van der Waals surface area contributed by atoms with Gasteiger partial charge in [-0.25, -0.2) is 0 Å². The predicted octanol–water partition coefficient (Wildman–Crippen LogP) is 2.80. The van der Waals surface area contributed by atoms with Crippen LogP contribution in [0.5, 0.6) is 0 Å². The van der Waals surface area contributed by atoms with E-state index in [4.69, 9.17) is 16.0 Å². The van der Waals surface area contributed by atoms with Crippen molar-refractivity contribution in [1.82, 2.24) is 10.2 Å². The summed E-state index contributed by atoms with van der Waals surface area (Å²) in [5.74, 6) is 1.59. The molecular formula is C15H16Cl2N2O2. The minimum atomic E-state index is -0.00766. The quantitative estimate of drug-likeness (QED) is 0.876. The number of likely N-dealkylation sites (tertiary alicyclic amines) is 1. The molecule has 3 heterocycles. The Bertz CT molecular complexity index is 673. The van der Waals surface area contributed by atoms with E-state index in [9.17, 15) is 4.79 Å². The van der Waals surface area contributed by atoms with Crippen LogP contribution in [0.25, 0.3) is 11.0 Å². The predicted molar refractivity (Wildman–Crippen MR) is 84.2 cm³/mol. The van der Waals surface area contributed by atoms with Gasteiger partial charge in [0.15, 0.2) is 5.76 Å². The third kappa shape index (κ3) is 2.52. The fourth-order valence-electron chi connectivity index (χ4n) is 3.30. The van der Waals surface area contributed by atoms with Gasteiger partial charge in [-0.15, -0.1) is 12.4 Å². The highest BCUT2D eigenvalue weighted by Gasteiger charge is 2.38. The first kappa shape index (κ1) is 14.7. The number of fused-ring (bicyclic) bond motifs is 2. The monoisotopic (exact) mass is 326 g/mol. The molecule has 0 bridgehead atoms. The number of amides is 1. The molecule has 2 aliphatic heterocycles. The Balaban J connectivity index is 0.00000132. The molecule has 2 atom stereocenters. The van der Waals surface area contributed by atoms with Crippen LogP contribution >= 0.6 is 24.0 Å². The van der Waals surface area contributed by atoms with E-state index in [0.717, 1.165) is 31.6 Å². The SMILES string of the molecule is Cl.O=C(c1cc2cc(Cl)ccc2o1)N1C[C@H]2CNC[C@H]2C1. The van der Waals surface area contributed by atoms with Crippen LogP contribution in [0.2, 0.25) is 5.02 Å². The van der Waals surface area contributed by atoms with Gasteiger partial charge in [0.05, 0.1) is 0 Å². The summed E-state index contributed by atoms with van der Waals surface area (Å²) in [6.07, 6.45) is 0. The highest BCUT2D eigenvalue weighted by molar-refractivity contribution is 6.31. The molecule has 2 aromatic rings. The molecule has 0 unspecified atom stereocenters. The van der Waals surface area contributed by atoms with E-state index in [-0.39, 0.29) is 18.3 Å². The number of hydrogen-bond acceptors (Lipinski definition) is 3. The van der Waals surface area contributed by atoms with Gasteiger partial charge >= 0.3 is 0 Å². The van der Waals surface area contributed by atoms with Gasteiger partial charge < -0.3 is 14.6 Å². The lowest BCUT2D eigenvalue weighted by Gasteiger charge is -2.15. The summed E-state index contributed by atoms with van der Waals surface area (Å²) in [5, 5.41) is 4.90. The van der Waals surface area contributed by atoms with Gasteiger partial charge in [-0.2, -0.15) is 0 Å². The molecule has 1 aromatic heterocycles. The molecule has 2 saturated heterocycles. The van der Waals surface area contributed by atoms with Crippen molar-refractivity contribution in [2.45, 2.75) is 0 Å². The molecule has 1 N–H and O–H groups in total. The maximum absolute atomic E-state index is 12.5. The largest absolute Gasteiger partial charge is 0.451 e. The lowest BCUT2D eigenvalue weighted by atomic mass is 10.0. The second-order valence-electron chi connectivity index (χ2n) is 5.68. The van der Waals surface area contributed by atoms with Crippen molar-refractivity contribution < 1.29 is 9.21 Å². The fourth-order valence-corrected chi connectivity index (χ4v) is 3.48. The van der Waals surface area contributed by atoms with Gasteiger partial charge in [-0.3, -0.25) is 4.79 Å². The minimum absolute atomic E-state index is 0. The van der Waals surface area contributed by atoms with E-state index < -0.39 is 0 Å². The van der Waals surface area contributed by atoms with Crippen molar-refractivity contribution in [2.24, 2.45) is 11.8 Å². The van der Waals surface area contributed by atoms with E-state index in [2.05, 4.69) is 5.32 Å². The van der Waals surface area contributed by atoms with Gasteiger partial charge in [-0.05, 0) is 36.1 Å². The zero-order valence-corrected chi connectivity index (χ0v) is 12.9. The van der Waals surface area contributed by atoms with Crippen LogP contribution in [0.1, 0.15) is 10.6 Å². The highest BCUT2D eigenvalue weighted by atomic mass is 35.5. The Hall–Kier alpha value is -1.23. The molecule has 0 spiro atoms. The van der Waals surface area contributed by atoms with Crippen LogP contribution in [-0.4, -0.2) is 37.0 Å². The zero-order valence-electron chi connectivity index (χ0n) is 11.3. The Kier molecular flexibility index (Phi) is 3.86. The first-order chi connectivity index (χ1) is 9.70. The average Bonchev–Trinajstić information content (AvgIpc) is 3.10. The molecule has 2 aliphatic rings. The molecule has 4 rings (SSSR count).